The van der Waals surface area contributed by atoms with Crippen LogP contribution in [0.15, 0.2) is 47.7 Å². The second-order valence-electron chi connectivity index (χ2n) is 7.78. The van der Waals surface area contributed by atoms with E-state index in [-0.39, 0.29) is 12.2 Å². The van der Waals surface area contributed by atoms with Crippen molar-refractivity contribution in [3.63, 3.8) is 0 Å². The molecule has 2 atom stereocenters. The van der Waals surface area contributed by atoms with Crippen molar-refractivity contribution in [3.8, 4) is 0 Å². The third-order valence-corrected chi connectivity index (χ3v) is 5.11. The van der Waals surface area contributed by atoms with E-state index in [9.17, 15) is 0 Å². The highest BCUT2D eigenvalue weighted by atomic mass is 16.5. The Balaban J connectivity index is 1.38. The van der Waals surface area contributed by atoms with Crippen molar-refractivity contribution in [1.29, 1.82) is 0 Å². The Kier molecular flexibility index (Phi) is 6.61. The van der Waals surface area contributed by atoms with Gasteiger partial charge in [0.15, 0.2) is 17.4 Å². The number of rotatable bonds is 6. The predicted octanol–water partition coefficient (Wildman–Crippen LogP) is 1.99. The summed E-state index contributed by atoms with van der Waals surface area (Å²) in [5, 5.41) is 15.0. The first-order valence-corrected chi connectivity index (χ1v) is 10.8. The molecule has 0 amide bonds. The van der Waals surface area contributed by atoms with Gasteiger partial charge < -0.3 is 20.3 Å². The zero-order chi connectivity index (χ0) is 21.6. The summed E-state index contributed by atoms with van der Waals surface area (Å²) in [5.74, 6) is 2.55. The second kappa shape index (κ2) is 9.74. The lowest BCUT2D eigenvalue weighted by atomic mass is 10.2. The summed E-state index contributed by atoms with van der Waals surface area (Å²) in [7, 11) is 0. The Hall–Kier alpha value is -3.20. The van der Waals surface area contributed by atoms with Crippen molar-refractivity contribution in [2.24, 2.45) is 4.99 Å². The number of anilines is 1. The van der Waals surface area contributed by atoms with Crippen LogP contribution < -0.4 is 15.5 Å². The van der Waals surface area contributed by atoms with Crippen LogP contribution in [0.4, 0.5) is 5.82 Å². The Labute approximate surface area is 182 Å². The van der Waals surface area contributed by atoms with E-state index in [1.165, 1.54) is 0 Å². The standard InChI is InChI=1S/C22H30N8O/c1-4-23-22(26-13-21-28-27-20-7-5-6-10-30(20)21)25-12-18-8-9-19(24-11-18)29-14-16(2)31-17(3)15-29/h5-11,16-17H,4,12-15H2,1-3H3,(H2,23,25,26). The monoisotopic (exact) mass is 422 g/mol. The molecule has 0 radical (unpaired) electrons. The van der Waals surface area contributed by atoms with Crippen LogP contribution in [0.1, 0.15) is 32.2 Å². The zero-order valence-electron chi connectivity index (χ0n) is 18.3. The van der Waals surface area contributed by atoms with Gasteiger partial charge in [-0.05, 0) is 44.5 Å². The first-order chi connectivity index (χ1) is 15.1. The van der Waals surface area contributed by atoms with Crippen LogP contribution in [0.5, 0.6) is 0 Å². The fraction of sp³-hybridized carbons (Fsp3) is 0.455. The SMILES string of the molecule is CCNC(=NCc1ccc(N2CC(C)OC(C)C2)nc1)NCc1nnc2ccccn12. The summed E-state index contributed by atoms with van der Waals surface area (Å²) >= 11 is 0. The molecule has 1 saturated heterocycles. The Morgan fingerprint density at radius 3 is 2.71 bits per heavy atom. The van der Waals surface area contributed by atoms with Gasteiger partial charge in [0, 0.05) is 32.0 Å². The van der Waals surface area contributed by atoms with E-state index < -0.39 is 0 Å². The van der Waals surface area contributed by atoms with Gasteiger partial charge in [-0.25, -0.2) is 9.98 Å². The normalized spacial score (nSPS) is 19.6. The maximum Gasteiger partial charge on any atom is 0.191 e. The minimum Gasteiger partial charge on any atom is -0.372 e. The number of nitrogens with one attached hydrogen (secondary N) is 2. The van der Waals surface area contributed by atoms with Crippen LogP contribution in [0.2, 0.25) is 0 Å². The van der Waals surface area contributed by atoms with E-state index in [1.54, 1.807) is 0 Å². The molecule has 31 heavy (non-hydrogen) atoms. The molecule has 0 bridgehead atoms. The minimum absolute atomic E-state index is 0.214. The number of hydrogen-bond acceptors (Lipinski definition) is 6. The van der Waals surface area contributed by atoms with E-state index in [0.29, 0.717) is 13.1 Å². The molecular formula is C22H30N8O. The third kappa shape index (κ3) is 5.29. The quantitative estimate of drug-likeness (QED) is 0.464. The Bertz CT molecular complexity index is 1010. The predicted molar refractivity (Wildman–Crippen MR) is 121 cm³/mol. The van der Waals surface area contributed by atoms with Gasteiger partial charge in [0.25, 0.3) is 0 Å². The molecule has 0 saturated carbocycles. The maximum atomic E-state index is 5.81. The molecular weight excluding hydrogens is 392 g/mol. The fourth-order valence-electron chi connectivity index (χ4n) is 3.75. The minimum atomic E-state index is 0.214. The molecule has 9 nitrogen and oxygen atoms in total. The molecule has 4 heterocycles. The highest BCUT2D eigenvalue weighted by Gasteiger charge is 2.22. The summed E-state index contributed by atoms with van der Waals surface area (Å²) in [5.41, 5.74) is 1.89. The van der Waals surface area contributed by atoms with E-state index in [4.69, 9.17) is 9.73 Å². The molecule has 0 spiro atoms. The van der Waals surface area contributed by atoms with Gasteiger partial charge in [0.1, 0.15) is 5.82 Å². The molecule has 1 aliphatic heterocycles. The average Bonchev–Trinajstić information content (AvgIpc) is 3.18. The van der Waals surface area contributed by atoms with Crippen molar-refractivity contribution in [2.45, 2.75) is 46.1 Å². The van der Waals surface area contributed by atoms with E-state index in [1.807, 2.05) is 41.9 Å². The van der Waals surface area contributed by atoms with Crippen molar-refractivity contribution in [1.82, 2.24) is 30.2 Å². The summed E-state index contributed by atoms with van der Waals surface area (Å²) in [6.45, 7) is 9.82. The van der Waals surface area contributed by atoms with Crippen molar-refractivity contribution in [2.75, 3.05) is 24.5 Å². The van der Waals surface area contributed by atoms with Gasteiger partial charge in [-0.1, -0.05) is 12.1 Å². The molecule has 3 aromatic rings. The summed E-state index contributed by atoms with van der Waals surface area (Å²) in [6.07, 6.45) is 4.29. The first-order valence-electron chi connectivity index (χ1n) is 10.8. The molecule has 0 aromatic carbocycles. The lowest BCUT2D eigenvalue weighted by Gasteiger charge is -2.36. The lowest BCUT2D eigenvalue weighted by molar-refractivity contribution is -0.00545. The molecule has 3 aromatic heterocycles. The number of pyridine rings is 2. The number of aromatic nitrogens is 4. The molecule has 2 N–H and O–H groups in total. The van der Waals surface area contributed by atoms with Gasteiger partial charge >= 0.3 is 0 Å². The van der Waals surface area contributed by atoms with Crippen LogP contribution in [-0.4, -0.2) is 57.4 Å². The van der Waals surface area contributed by atoms with Gasteiger partial charge in [-0.3, -0.25) is 4.40 Å². The van der Waals surface area contributed by atoms with E-state index >= 15 is 0 Å². The topological polar surface area (TPSA) is 92.0 Å². The highest BCUT2D eigenvalue weighted by molar-refractivity contribution is 5.79. The van der Waals surface area contributed by atoms with Crippen molar-refractivity contribution in [3.05, 3.63) is 54.1 Å². The van der Waals surface area contributed by atoms with Crippen LogP contribution in [0.3, 0.4) is 0 Å². The summed E-state index contributed by atoms with van der Waals surface area (Å²) in [4.78, 5) is 11.6. The van der Waals surface area contributed by atoms with Gasteiger partial charge in [0.05, 0.1) is 25.3 Å². The van der Waals surface area contributed by atoms with Crippen molar-refractivity contribution < 1.29 is 4.74 Å². The van der Waals surface area contributed by atoms with Crippen LogP contribution in [0, 0.1) is 0 Å². The molecule has 9 heteroatoms. The molecule has 0 aliphatic carbocycles. The largest absolute Gasteiger partial charge is 0.372 e. The van der Waals surface area contributed by atoms with Crippen molar-refractivity contribution >= 4 is 17.4 Å². The first kappa shape index (κ1) is 21.0. The summed E-state index contributed by atoms with van der Waals surface area (Å²) < 4.78 is 7.78. The summed E-state index contributed by atoms with van der Waals surface area (Å²) in [6, 6.07) is 10.0. The average molecular weight is 423 g/mol. The third-order valence-electron chi connectivity index (χ3n) is 5.11. The van der Waals surface area contributed by atoms with E-state index in [2.05, 4.69) is 56.7 Å². The fourth-order valence-corrected chi connectivity index (χ4v) is 3.75. The lowest BCUT2D eigenvalue weighted by Crippen LogP contribution is -2.45. The number of ether oxygens (including phenoxy) is 1. The van der Waals surface area contributed by atoms with Crippen LogP contribution in [0.25, 0.3) is 5.65 Å². The zero-order valence-corrected chi connectivity index (χ0v) is 18.3. The molecule has 2 unspecified atom stereocenters. The van der Waals surface area contributed by atoms with E-state index in [0.717, 1.165) is 48.4 Å². The second-order valence-corrected chi connectivity index (χ2v) is 7.78. The number of aliphatic imine (C=N–C) groups is 1. The number of nitrogens with zero attached hydrogens (tertiary/aromatic N) is 6. The molecule has 1 fully saturated rings. The smallest absolute Gasteiger partial charge is 0.191 e. The van der Waals surface area contributed by atoms with Gasteiger partial charge in [-0.15, -0.1) is 10.2 Å². The number of morpholine rings is 1. The van der Waals surface area contributed by atoms with Gasteiger partial charge in [0.2, 0.25) is 0 Å². The number of hydrogen-bond donors (Lipinski definition) is 2. The Morgan fingerprint density at radius 2 is 1.97 bits per heavy atom. The highest BCUT2D eigenvalue weighted by Crippen LogP contribution is 2.18. The van der Waals surface area contributed by atoms with Crippen LogP contribution >= 0.6 is 0 Å². The molecule has 4 rings (SSSR count). The number of guanidine groups is 1. The molecule has 1 aliphatic rings. The van der Waals surface area contributed by atoms with Crippen LogP contribution in [-0.2, 0) is 17.8 Å². The Morgan fingerprint density at radius 1 is 1.13 bits per heavy atom. The maximum absolute atomic E-state index is 5.81. The number of fused-ring (bicyclic) bond motifs is 1. The molecule has 164 valence electrons. The van der Waals surface area contributed by atoms with Gasteiger partial charge in [-0.2, -0.15) is 0 Å².